The summed E-state index contributed by atoms with van der Waals surface area (Å²) in [5.74, 6) is 0.436. The number of aromatic nitrogens is 5. The van der Waals surface area contributed by atoms with E-state index < -0.39 is 11.6 Å². The highest BCUT2D eigenvalue weighted by Crippen LogP contribution is 2.18. The van der Waals surface area contributed by atoms with Gasteiger partial charge in [0.2, 0.25) is 0 Å². The molecule has 0 aromatic carbocycles. The molecule has 16 heteroatoms. The number of halogens is 2. The van der Waals surface area contributed by atoms with Crippen molar-refractivity contribution < 1.29 is 8.78 Å². The van der Waals surface area contributed by atoms with Crippen LogP contribution in [-0.4, -0.2) is 110 Å². The maximum absolute atomic E-state index is 12.5. The van der Waals surface area contributed by atoms with Gasteiger partial charge < -0.3 is 43.8 Å². The summed E-state index contributed by atoms with van der Waals surface area (Å²) >= 11 is 0. The second kappa shape index (κ2) is 37.7. The normalized spacial score (nSPS) is 19.0. The molecule has 6 atom stereocenters. The maximum atomic E-state index is 12.5. The van der Waals surface area contributed by atoms with Gasteiger partial charge in [0.15, 0.2) is 11.6 Å². The van der Waals surface area contributed by atoms with E-state index in [9.17, 15) is 8.78 Å². The van der Waals surface area contributed by atoms with E-state index in [1.165, 1.54) is 76.2 Å². The van der Waals surface area contributed by atoms with E-state index in [1.807, 2.05) is 59.9 Å². The third kappa shape index (κ3) is 33.9. The number of nitrogens with two attached hydrogens (primary N) is 3. The number of hydrogen-bond acceptors (Lipinski definition) is 14. The van der Waals surface area contributed by atoms with Crippen LogP contribution in [-0.2, 0) is 6.54 Å². The van der Waals surface area contributed by atoms with Crippen molar-refractivity contribution in [2.24, 2.45) is 17.2 Å². The van der Waals surface area contributed by atoms with Gasteiger partial charge >= 0.3 is 0 Å². The van der Waals surface area contributed by atoms with Crippen molar-refractivity contribution in [1.82, 2.24) is 56.4 Å². The standard InChI is InChI=1S/C10H16N2.2C9H14FN3.2C9H20N2.C5H14N2/c1-9(2)12(3)8-10-6-4-5-7-11-10;2*1-6(2)13-7(3)9-11-4-8(10)5-12-9;2*1-7(2)11-9-6-4-3-5-8(9)10;1-5(2)7-4-3-6/h4-7,9H,8H2,1-3H3;2*4-7,13H,1-3H3;2*7-9,11H,3-6,10H2,1-2H3;5,7H,3-4,6H2,1-2H3/t;2*7-;2*8-,9+;/m.1010./s1. The average Bonchev–Trinajstić information content (AvgIpc) is 3.26. The van der Waals surface area contributed by atoms with Crippen molar-refractivity contribution in [3.63, 3.8) is 0 Å². The van der Waals surface area contributed by atoms with Gasteiger partial charge in [-0.15, -0.1) is 0 Å². The van der Waals surface area contributed by atoms with Crippen molar-refractivity contribution in [3.8, 4) is 0 Å². The van der Waals surface area contributed by atoms with Crippen molar-refractivity contribution in [1.29, 1.82) is 0 Å². The second-order valence-electron chi connectivity index (χ2n) is 19.6. The molecule has 11 N–H and O–H groups in total. The van der Waals surface area contributed by atoms with Gasteiger partial charge in [0, 0.05) is 86.2 Å². The summed E-state index contributed by atoms with van der Waals surface area (Å²) in [5, 5.41) is 16.6. The minimum Gasteiger partial charge on any atom is -0.329 e. The number of nitrogens with one attached hydrogen (secondary N) is 5. The molecule has 5 rings (SSSR count). The van der Waals surface area contributed by atoms with Gasteiger partial charge in [0.25, 0.3) is 0 Å². The Bertz CT molecular complexity index is 1480. The topological polar surface area (TPSA) is 206 Å². The van der Waals surface area contributed by atoms with Crippen LogP contribution in [0.3, 0.4) is 0 Å². The first-order valence-electron chi connectivity index (χ1n) is 25.1. The Labute approximate surface area is 406 Å². The van der Waals surface area contributed by atoms with Crippen LogP contribution in [0.25, 0.3) is 0 Å². The number of rotatable bonds is 16. The molecular weight excluding hydrogens is 847 g/mol. The molecule has 2 aliphatic rings. The number of hydrogen-bond donors (Lipinski definition) is 8. The van der Waals surface area contributed by atoms with Gasteiger partial charge in [0.1, 0.15) is 11.6 Å². The number of pyridine rings is 1. The molecule has 2 aliphatic carbocycles. The predicted molar refractivity (Wildman–Crippen MR) is 277 cm³/mol. The van der Waals surface area contributed by atoms with E-state index in [2.05, 4.69) is 125 Å². The first-order chi connectivity index (χ1) is 31.5. The lowest BCUT2D eigenvalue weighted by molar-refractivity contribution is 0.263. The van der Waals surface area contributed by atoms with Crippen molar-refractivity contribution in [2.75, 3.05) is 20.1 Å². The molecule has 386 valence electrons. The zero-order valence-corrected chi connectivity index (χ0v) is 44.5. The monoisotopic (exact) mass is 945 g/mol. The van der Waals surface area contributed by atoms with Crippen molar-refractivity contribution in [2.45, 2.75) is 227 Å². The van der Waals surface area contributed by atoms with Crippen LogP contribution in [0, 0.1) is 11.6 Å². The zero-order chi connectivity index (χ0) is 50.9. The molecule has 0 saturated heterocycles. The lowest BCUT2D eigenvalue weighted by atomic mass is 9.90. The van der Waals surface area contributed by atoms with Crippen LogP contribution in [0.4, 0.5) is 8.78 Å². The lowest BCUT2D eigenvalue weighted by Gasteiger charge is -2.30. The molecule has 2 saturated carbocycles. The summed E-state index contributed by atoms with van der Waals surface area (Å²) in [4.78, 5) is 22.1. The molecular formula is C51H98F2N14. The summed E-state index contributed by atoms with van der Waals surface area (Å²) < 4.78 is 24.9. The Morgan fingerprint density at radius 1 is 0.582 bits per heavy atom. The summed E-state index contributed by atoms with van der Waals surface area (Å²) in [7, 11) is 2.11. The Hall–Kier alpha value is -3.19. The smallest absolute Gasteiger partial charge is 0.159 e. The van der Waals surface area contributed by atoms with Gasteiger partial charge in [-0.2, -0.15) is 0 Å². The SMILES string of the molecule is CC(C)N(C)Cc1ccccn1.CC(C)NCCN.CC(C)N[C@@H](C)c1ncc(F)cn1.CC(C)N[C@@H]1CCCC[C@@H]1N.CC(C)N[C@H](C)c1ncc(F)cn1.CC(C)N[C@H]1CCCC[C@H]1N. The van der Waals surface area contributed by atoms with Crippen LogP contribution >= 0.6 is 0 Å². The van der Waals surface area contributed by atoms with Crippen molar-refractivity contribution >= 4 is 0 Å². The largest absolute Gasteiger partial charge is 0.329 e. The van der Waals surface area contributed by atoms with Crippen molar-refractivity contribution in [3.05, 3.63) is 78.2 Å². The summed E-state index contributed by atoms with van der Waals surface area (Å²) in [6.07, 6.45) is 16.8. The highest BCUT2D eigenvalue weighted by Gasteiger charge is 2.22. The average molecular weight is 945 g/mol. The van der Waals surface area contributed by atoms with E-state index in [0.717, 1.165) is 25.3 Å². The molecule has 0 radical (unpaired) electrons. The molecule has 3 aromatic rings. The Kier molecular flexibility index (Phi) is 35.9. The zero-order valence-electron chi connectivity index (χ0n) is 44.5. The molecule has 0 aliphatic heterocycles. The van der Waals surface area contributed by atoms with E-state index in [-0.39, 0.29) is 12.1 Å². The summed E-state index contributed by atoms with van der Waals surface area (Å²) in [6, 6.07) is 11.1. The molecule has 0 bridgehead atoms. The molecule has 0 spiro atoms. The fourth-order valence-corrected chi connectivity index (χ4v) is 7.13. The molecule has 2 fully saturated rings. The second-order valence-corrected chi connectivity index (χ2v) is 19.6. The molecule has 3 aromatic heterocycles. The first-order valence-corrected chi connectivity index (χ1v) is 25.1. The lowest BCUT2D eigenvalue weighted by Crippen LogP contribution is -2.49. The predicted octanol–water partition coefficient (Wildman–Crippen LogP) is 7.72. The third-order valence-corrected chi connectivity index (χ3v) is 10.7. The first kappa shape index (κ1) is 63.8. The summed E-state index contributed by atoms with van der Waals surface area (Å²) in [6.45, 7) is 32.0. The molecule has 14 nitrogen and oxygen atoms in total. The van der Waals surface area contributed by atoms with Crippen LogP contribution in [0.5, 0.6) is 0 Å². The van der Waals surface area contributed by atoms with E-state index in [1.54, 1.807) is 0 Å². The van der Waals surface area contributed by atoms with Gasteiger partial charge in [-0.05, 0) is 72.6 Å². The Balaban J connectivity index is 0.000000787. The minimum atomic E-state index is -0.402. The summed E-state index contributed by atoms with van der Waals surface area (Å²) in [5.41, 5.74) is 18.3. The van der Waals surface area contributed by atoms with E-state index >= 15 is 0 Å². The molecule has 0 unspecified atom stereocenters. The highest BCUT2D eigenvalue weighted by molar-refractivity contribution is 5.03. The Morgan fingerprint density at radius 2 is 0.985 bits per heavy atom. The van der Waals surface area contributed by atoms with E-state index in [0.29, 0.717) is 72.1 Å². The van der Waals surface area contributed by atoms with Gasteiger partial charge in [-0.1, -0.05) is 101 Å². The van der Waals surface area contributed by atoms with Crippen LogP contribution in [0.1, 0.15) is 178 Å². The third-order valence-electron chi connectivity index (χ3n) is 10.7. The van der Waals surface area contributed by atoms with E-state index in [4.69, 9.17) is 17.2 Å². The highest BCUT2D eigenvalue weighted by atomic mass is 19.1. The Morgan fingerprint density at radius 3 is 1.27 bits per heavy atom. The number of nitrogens with zero attached hydrogens (tertiary/aromatic N) is 6. The quantitative estimate of drug-likeness (QED) is 0.0693. The molecule has 0 amide bonds. The van der Waals surface area contributed by atoms with Gasteiger partial charge in [-0.25, -0.2) is 28.7 Å². The van der Waals surface area contributed by atoms with Crippen LogP contribution in [0.15, 0.2) is 49.2 Å². The van der Waals surface area contributed by atoms with Crippen LogP contribution < -0.4 is 43.8 Å². The molecule has 3 heterocycles. The van der Waals surface area contributed by atoms with Crippen LogP contribution in [0.2, 0.25) is 0 Å². The van der Waals surface area contributed by atoms with Gasteiger partial charge in [-0.3, -0.25) is 9.88 Å². The fraction of sp³-hybridized carbons (Fsp3) is 0.745. The fourth-order valence-electron chi connectivity index (χ4n) is 7.13. The molecule has 67 heavy (non-hydrogen) atoms. The maximum Gasteiger partial charge on any atom is 0.159 e. The van der Waals surface area contributed by atoms with Gasteiger partial charge in [0.05, 0.1) is 42.6 Å². The minimum absolute atomic E-state index is 0.0561.